The van der Waals surface area contributed by atoms with Crippen molar-refractivity contribution in [1.29, 1.82) is 0 Å². The van der Waals surface area contributed by atoms with Crippen molar-refractivity contribution in [2.24, 2.45) is 0 Å². The first-order valence-corrected chi connectivity index (χ1v) is 15.7. The van der Waals surface area contributed by atoms with Crippen LogP contribution in [0, 0.1) is 0 Å². The molecule has 0 unspecified atom stereocenters. The van der Waals surface area contributed by atoms with Crippen LogP contribution in [0.5, 0.6) is 11.5 Å². The highest BCUT2D eigenvalue weighted by atomic mass is 16.7. The maximum atomic E-state index is 12.4. The molecule has 0 heterocycles. The summed E-state index contributed by atoms with van der Waals surface area (Å²) in [7, 11) is 3.14. The number of rotatable bonds is 24. The summed E-state index contributed by atoms with van der Waals surface area (Å²) in [6.07, 6.45) is 24.9. The molecule has 0 aliphatic heterocycles. The Morgan fingerprint density at radius 3 is 1.83 bits per heavy atom. The van der Waals surface area contributed by atoms with Crippen molar-refractivity contribution in [3.63, 3.8) is 0 Å². The summed E-state index contributed by atoms with van der Waals surface area (Å²) in [6.45, 7) is 2.96. The van der Waals surface area contributed by atoms with E-state index >= 15 is 0 Å². The molecule has 0 aliphatic carbocycles. The van der Waals surface area contributed by atoms with Crippen molar-refractivity contribution >= 4 is 18.1 Å². The van der Waals surface area contributed by atoms with Crippen molar-refractivity contribution in [3.05, 3.63) is 71.3 Å². The standard InChI is InChI=1S/C36H52O6/c1-4-5-6-7-8-9-10-11-12-13-14-15-16-17-18-27-40-36(37)33-24-21-31(22-25-33)19-20-32-23-26-34(41-29-38-2)35(28-32)42-30-39-3/h7-8,19-26,28H,4-6,9-18,27,29-30H2,1-3H3/b8-7+,20-19+. The van der Waals surface area contributed by atoms with Crippen molar-refractivity contribution in [2.45, 2.75) is 90.4 Å². The number of hydrogen-bond acceptors (Lipinski definition) is 6. The molecule has 0 spiro atoms. The first-order valence-electron chi connectivity index (χ1n) is 15.7. The number of methoxy groups -OCH3 is 2. The number of carbonyl (C=O) groups excluding carboxylic acids is 1. The molecule has 232 valence electrons. The second-order valence-electron chi connectivity index (χ2n) is 10.5. The van der Waals surface area contributed by atoms with E-state index in [1.807, 2.05) is 42.5 Å². The molecular weight excluding hydrogens is 528 g/mol. The zero-order valence-electron chi connectivity index (χ0n) is 26.1. The minimum Gasteiger partial charge on any atom is -0.464 e. The summed E-state index contributed by atoms with van der Waals surface area (Å²) in [5.41, 5.74) is 2.49. The average Bonchev–Trinajstić information content (AvgIpc) is 3.02. The monoisotopic (exact) mass is 580 g/mol. The van der Waals surface area contributed by atoms with Gasteiger partial charge >= 0.3 is 5.97 Å². The van der Waals surface area contributed by atoms with E-state index in [4.69, 9.17) is 23.7 Å². The van der Waals surface area contributed by atoms with Gasteiger partial charge in [-0.25, -0.2) is 4.79 Å². The van der Waals surface area contributed by atoms with Gasteiger partial charge in [0.15, 0.2) is 25.1 Å². The lowest BCUT2D eigenvalue weighted by molar-refractivity contribution is 0.0322. The molecule has 0 N–H and O–H groups in total. The van der Waals surface area contributed by atoms with Crippen molar-refractivity contribution in [1.82, 2.24) is 0 Å². The second kappa shape index (κ2) is 23.5. The van der Waals surface area contributed by atoms with Crippen LogP contribution in [-0.4, -0.2) is 40.4 Å². The molecule has 0 aliphatic rings. The number of esters is 1. The van der Waals surface area contributed by atoms with E-state index in [0.29, 0.717) is 23.7 Å². The fraction of sp³-hybridized carbons (Fsp3) is 0.528. The number of unbranched alkanes of at least 4 members (excludes halogenated alkanes) is 11. The third kappa shape index (κ3) is 15.8. The molecule has 2 aromatic carbocycles. The quantitative estimate of drug-likeness (QED) is 0.0405. The summed E-state index contributed by atoms with van der Waals surface area (Å²) < 4.78 is 26.7. The lowest BCUT2D eigenvalue weighted by Crippen LogP contribution is -2.06. The third-order valence-corrected chi connectivity index (χ3v) is 6.89. The van der Waals surface area contributed by atoms with Crippen LogP contribution in [0.1, 0.15) is 112 Å². The van der Waals surface area contributed by atoms with Gasteiger partial charge in [-0.3, -0.25) is 0 Å². The number of allylic oxidation sites excluding steroid dienone is 2. The highest BCUT2D eigenvalue weighted by Crippen LogP contribution is 2.29. The van der Waals surface area contributed by atoms with E-state index in [1.54, 1.807) is 26.4 Å². The van der Waals surface area contributed by atoms with Crippen LogP contribution in [0.15, 0.2) is 54.6 Å². The molecule has 2 aromatic rings. The first kappa shape index (κ1) is 35.1. The fourth-order valence-corrected chi connectivity index (χ4v) is 4.44. The number of benzene rings is 2. The Balaban J connectivity index is 1.60. The molecular formula is C36H52O6. The maximum absolute atomic E-state index is 12.4. The Bertz CT molecular complexity index is 1030. The summed E-state index contributed by atoms with van der Waals surface area (Å²) in [4.78, 5) is 12.4. The van der Waals surface area contributed by atoms with Crippen molar-refractivity contribution in [2.75, 3.05) is 34.4 Å². The normalized spacial score (nSPS) is 11.4. The molecule has 0 bridgehead atoms. The van der Waals surface area contributed by atoms with Gasteiger partial charge in [0.2, 0.25) is 0 Å². The minimum absolute atomic E-state index is 0.117. The van der Waals surface area contributed by atoms with Gasteiger partial charge in [-0.2, -0.15) is 0 Å². The lowest BCUT2D eigenvalue weighted by atomic mass is 10.1. The third-order valence-electron chi connectivity index (χ3n) is 6.89. The zero-order valence-corrected chi connectivity index (χ0v) is 26.1. The van der Waals surface area contributed by atoms with Gasteiger partial charge in [0.05, 0.1) is 12.2 Å². The molecule has 0 amide bonds. The highest BCUT2D eigenvalue weighted by molar-refractivity contribution is 5.89. The summed E-state index contributed by atoms with van der Waals surface area (Å²) in [5, 5.41) is 0. The zero-order chi connectivity index (χ0) is 30.1. The largest absolute Gasteiger partial charge is 0.464 e. The van der Waals surface area contributed by atoms with Gasteiger partial charge in [-0.05, 0) is 61.1 Å². The Kier molecular flexibility index (Phi) is 19.6. The van der Waals surface area contributed by atoms with Gasteiger partial charge in [0.25, 0.3) is 0 Å². The Morgan fingerprint density at radius 2 is 1.19 bits per heavy atom. The van der Waals surface area contributed by atoms with E-state index in [1.165, 1.54) is 70.6 Å². The molecule has 0 saturated carbocycles. The maximum Gasteiger partial charge on any atom is 0.338 e. The first-order chi connectivity index (χ1) is 20.7. The summed E-state index contributed by atoms with van der Waals surface area (Å²) in [6, 6.07) is 13.1. The van der Waals surface area contributed by atoms with Crippen LogP contribution < -0.4 is 9.47 Å². The molecule has 6 heteroatoms. The fourth-order valence-electron chi connectivity index (χ4n) is 4.44. The van der Waals surface area contributed by atoms with E-state index < -0.39 is 0 Å². The van der Waals surface area contributed by atoms with Crippen LogP contribution in [0.3, 0.4) is 0 Å². The second-order valence-corrected chi connectivity index (χ2v) is 10.5. The van der Waals surface area contributed by atoms with Gasteiger partial charge < -0.3 is 23.7 Å². The number of hydrogen-bond donors (Lipinski definition) is 0. The predicted octanol–water partition coefficient (Wildman–Crippen LogP) is 9.63. The van der Waals surface area contributed by atoms with Crippen molar-refractivity contribution in [3.8, 4) is 11.5 Å². The molecule has 0 fully saturated rings. The molecule has 0 aromatic heterocycles. The highest BCUT2D eigenvalue weighted by Gasteiger charge is 2.08. The summed E-state index contributed by atoms with van der Waals surface area (Å²) in [5.74, 6) is 0.884. The average molecular weight is 581 g/mol. The Hall–Kier alpha value is -3.09. The van der Waals surface area contributed by atoms with Crippen LogP contribution in [0.25, 0.3) is 12.2 Å². The van der Waals surface area contributed by atoms with Crippen molar-refractivity contribution < 1.29 is 28.5 Å². The van der Waals surface area contributed by atoms with Crippen LogP contribution in [-0.2, 0) is 14.2 Å². The molecule has 0 saturated heterocycles. The molecule has 6 nitrogen and oxygen atoms in total. The van der Waals surface area contributed by atoms with E-state index in [-0.39, 0.29) is 19.6 Å². The molecule has 42 heavy (non-hydrogen) atoms. The summed E-state index contributed by atoms with van der Waals surface area (Å²) >= 11 is 0. The van der Waals surface area contributed by atoms with Gasteiger partial charge in [-0.1, -0.05) is 107 Å². The topological polar surface area (TPSA) is 63.2 Å². The van der Waals surface area contributed by atoms with Gasteiger partial charge in [-0.15, -0.1) is 0 Å². The van der Waals surface area contributed by atoms with Crippen LogP contribution in [0.2, 0.25) is 0 Å². The Labute approximate surface area is 254 Å². The lowest BCUT2D eigenvalue weighted by Gasteiger charge is -2.12. The predicted molar refractivity (Wildman–Crippen MR) is 172 cm³/mol. The van der Waals surface area contributed by atoms with Crippen LogP contribution >= 0.6 is 0 Å². The Morgan fingerprint density at radius 1 is 0.643 bits per heavy atom. The van der Waals surface area contributed by atoms with E-state index in [9.17, 15) is 4.79 Å². The molecule has 2 rings (SSSR count). The van der Waals surface area contributed by atoms with E-state index in [2.05, 4.69) is 19.1 Å². The SMILES string of the molecule is CCCC/C=C/CCCCCCCCCCCOC(=O)c1ccc(/C=C/c2ccc(OCOC)c(OCOC)c2)cc1. The molecule has 0 atom stereocenters. The molecule has 0 radical (unpaired) electrons. The number of carbonyl (C=O) groups is 1. The number of ether oxygens (including phenoxy) is 5. The van der Waals surface area contributed by atoms with E-state index in [0.717, 1.165) is 24.0 Å². The minimum atomic E-state index is -0.266. The van der Waals surface area contributed by atoms with Gasteiger partial charge in [0.1, 0.15) is 0 Å². The van der Waals surface area contributed by atoms with Gasteiger partial charge in [0, 0.05) is 14.2 Å². The van der Waals surface area contributed by atoms with Crippen LogP contribution in [0.4, 0.5) is 0 Å². The smallest absolute Gasteiger partial charge is 0.338 e.